The van der Waals surface area contributed by atoms with Gasteiger partial charge in [-0.1, -0.05) is 96.6 Å². The van der Waals surface area contributed by atoms with Crippen molar-refractivity contribution < 1.29 is 0 Å². The average molecular weight is 370 g/mol. The summed E-state index contributed by atoms with van der Waals surface area (Å²) in [5.74, 6) is 1.51. The van der Waals surface area contributed by atoms with Crippen molar-refractivity contribution in [1.82, 2.24) is 0 Å². The summed E-state index contributed by atoms with van der Waals surface area (Å²) in [7, 11) is 0. The van der Waals surface area contributed by atoms with Crippen LogP contribution in [-0.4, -0.2) is 0 Å². The van der Waals surface area contributed by atoms with Crippen LogP contribution in [-0.2, 0) is 0 Å². The van der Waals surface area contributed by atoms with Gasteiger partial charge in [0.15, 0.2) is 0 Å². The zero-order valence-electron chi connectivity index (χ0n) is 16.5. The van der Waals surface area contributed by atoms with E-state index in [-0.39, 0.29) is 0 Å². The first-order chi connectivity index (χ1) is 14.3. The maximum Gasteiger partial charge on any atom is 0.0205 e. The third-order valence-corrected chi connectivity index (χ3v) is 7.58. The number of hydrogen-bond donors (Lipinski definition) is 0. The number of hydrogen-bond acceptors (Lipinski definition) is 0. The summed E-state index contributed by atoms with van der Waals surface area (Å²) in [6, 6.07) is 35.0. The Labute approximate surface area is 171 Å². The molecule has 0 nitrogen and oxygen atoms in total. The van der Waals surface area contributed by atoms with Crippen LogP contribution < -0.4 is 0 Å². The highest BCUT2D eigenvalue weighted by Gasteiger charge is 2.49. The Kier molecular flexibility index (Phi) is 2.98. The predicted molar refractivity (Wildman–Crippen MR) is 118 cm³/mol. The molecule has 0 aliphatic heterocycles. The molecule has 0 aromatic heterocycles. The summed E-state index contributed by atoms with van der Waals surface area (Å²) in [5.41, 5.74) is 13.6. The fraction of sp³-hybridized carbons (Fsp3) is 0.172. The molecular weight excluding hydrogens is 348 g/mol. The number of aryl methyl sites for hydroxylation is 1. The van der Waals surface area contributed by atoms with Crippen molar-refractivity contribution in [2.45, 2.75) is 30.6 Å². The Morgan fingerprint density at radius 1 is 0.379 bits per heavy atom. The normalized spacial score (nSPS) is 24.7. The highest BCUT2D eigenvalue weighted by molar-refractivity contribution is 5.67. The Bertz CT molecular complexity index is 1280. The molecule has 4 bridgehead atoms. The molecule has 0 heterocycles. The molecular formula is C29H22. The zero-order chi connectivity index (χ0) is 19.1. The van der Waals surface area contributed by atoms with Crippen molar-refractivity contribution in [3.63, 3.8) is 0 Å². The van der Waals surface area contributed by atoms with Crippen LogP contribution in [0.15, 0.2) is 91.0 Å². The molecule has 0 saturated carbocycles. The molecule has 0 saturated heterocycles. The standard InChI is InChI=1S/C29H22/c1-17-14-15-24-25(16-17)29-23-13-7-6-12-22(23)26-18-8-2-3-9-19(18)27(29)20-10-4-5-11-21(20)28(24)26/h2-16,26-29H,1H3. The highest BCUT2D eigenvalue weighted by Crippen LogP contribution is 2.63. The molecule has 4 aliphatic rings. The number of benzene rings is 4. The lowest BCUT2D eigenvalue weighted by Gasteiger charge is -2.29. The molecule has 0 N–H and O–H groups in total. The fourth-order valence-electron chi connectivity index (χ4n) is 6.59. The van der Waals surface area contributed by atoms with Gasteiger partial charge in [-0.25, -0.2) is 0 Å². The van der Waals surface area contributed by atoms with Crippen molar-refractivity contribution in [2.75, 3.05) is 0 Å². The van der Waals surface area contributed by atoms with Crippen molar-refractivity contribution in [3.05, 3.63) is 141 Å². The molecule has 0 radical (unpaired) electrons. The first-order valence-corrected chi connectivity index (χ1v) is 10.7. The van der Waals surface area contributed by atoms with Gasteiger partial charge in [0.25, 0.3) is 0 Å². The zero-order valence-corrected chi connectivity index (χ0v) is 16.5. The van der Waals surface area contributed by atoms with Gasteiger partial charge in [-0.3, -0.25) is 0 Å². The van der Waals surface area contributed by atoms with Crippen LogP contribution in [0.3, 0.4) is 0 Å². The largest absolute Gasteiger partial charge is 0.0620 e. The van der Waals surface area contributed by atoms with E-state index in [0.717, 1.165) is 0 Å². The van der Waals surface area contributed by atoms with Gasteiger partial charge in [-0.2, -0.15) is 0 Å². The van der Waals surface area contributed by atoms with Gasteiger partial charge in [0.1, 0.15) is 0 Å². The van der Waals surface area contributed by atoms with Crippen LogP contribution in [0.25, 0.3) is 0 Å². The van der Waals surface area contributed by atoms with E-state index in [1.165, 1.54) is 44.5 Å². The topological polar surface area (TPSA) is 0 Å². The summed E-state index contributed by atoms with van der Waals surface area (Å²) in [4.78, 5) is 0. The van der Waals surface area contributed by atoms with Crippen molar-refractivity contribution in [3.8, 4) is 0 Å². The predicted octanol–water partition coefficient (Wildman–Crippen LogP) is 6.86. The molecule has 138 valence electrons. The van der Waals surface area contributed by atoms with Gasteiger partial charge < -0.3 is 0 Å². The van der Waals surface area contributed by atoms with E-state index in [4.69, 9.17) is 0 Å². The van der Waals surface area contributed by atoms with E-state index in [0.29, 0.717) is 23.7 Å². The molecule has 0 fully saturated rings. The Hall–Kier alpha value is -3.12. The summed E-state index contributed by atoms with van der Waals surface area (Å²) < 4.78 is 0. The Morgan fingerprint density at radius 2 is 0.690 bits per heavy atom. The van der Waals surface area contributed by atoms with Crippen molar-refractivity contribution in [2.24, 2.45) is 0 Å². The van der Waals surface area contributed by atoms with E-state index >= 15 is 0 Å². The summed E-state index contributed by atoms with van der Waals surface area (Å²) in [6.45, 7) is 2.24. The summed E-state index contributed by atoms with van der Waals surface area (Å²) in [5, 5.41) is 0. The molecule has 4 unspecified atom stereocenters. The number of rotatable bonds is 0. The minimum absolute atomic E-state index is 0.376. The lowest BCUT2D eigenvalue weighted by atomic mass is 9.73. The first-order valence-electron chi connectivity index (χ1n) is 10.7. The highest BCUT2D eigenvalue weighted by atomic mass is 14.5. The Morgan fingerprint density at radius 3 is 1.07 bits per heavy atom. The third-order valence-electron chi connectivity index (χ3n) is 7.58. The second-order valence-corrected chi connectivity index (χ2v) is 8.93. The monoisotopic (exact) mass is 370 g/mol. The Balaban J connectivity index is 1.74. The van der Waals surface area contributed by atoms with Crippen molar-refractivity contribution >= 4 is 0 Å². The smallest absolute Gasteiger partial charge is 0.0205 e. The molecule has 0 spiro atoms. The van der Waals surface area contributed by atoms with Gasteiger partial charge in [-0.05, 0) is 51.4 Å². The summed E-state index contributed by atoms with van der Waals surface area (Å²) >= 11 is 0. The van der Waals surface area contributed by atoms with Crippen LogP contribution in [0.2, 0.25) is 0 Å². The van der Waals surface area contributed by atoms with Gasteiger partial charge in [-0.15, -0.1) is 0 Å². The molecule has 29 heavy (non-hydrogen) atoms. The van der Waals surface area contributed by atoms with Crippen LogP contribution >= 0.6 is 0 Å². The quantitative estimate of drug-likeness (QED) is 0.317. The molecule has 4 aromatic rings. The average Bonchev–Trinajstić information content (AvgIpc) is 3.07. The van der Waals surface area contributed by atoms with Gasteiger partial charge in [0.2, 0.25) is 0 Å². The van der Waals surface area contributed by atoms with Crippen LogP contribution in [0, 0.1) is 6.92 Å². The molecule has 8 rings (SSSR count). The molecule has 4 atom stereocenters. The maximum atomic E-state index is 2.47. The lowest BCUT2D eigenvalue weighted by molar-refractivity contribution is 0.698. The van der Waals surface area contributed by atoms with Gasteiger partial charge >= 0.3 is 0 Å². The minimum Gasteiger partial charge on any atom is -0.0620 e. The fourth-order valence-corrected chi connectivity index (χ4v) is 6.59. The molecule has 0 heteroatoms. The molecule has 4 aromatic carbocycles. The van der Waals surface area contributed by atoms with E-state index < -0.39 is 0 Å². The van der Waals surface area contributed by atoms with E-state index in [9.17, 15) is 0 Å². The van der Waals surface area contributed by atoms with E-state index in [1.807, 2.05) is 0 Å². The van der Waals surface area contributed by atoms with E-state index in [2.05, 4.69) is 97.9 Å². The second kappa shape index (κ2) is 5.48. The van der Waals surface area contributed by atoms with Gasteiger partial charge in [0.05, 0.1) is 0 Å². The molecule has 4 aliphatic carbocycles. The summed E-state index contributed by atoms with van der Waals surface area (Å²) in [6.07, 6.45) is 0. The van der Waals surface area contributed by atoms with Crippen molar-refractivity contribution in [1.29, 1.82) is 0 Å². The minimum atomic E-state index is 0.376. The lowest BCUT2D eigenvalue weighted by Crippen LogP contribution is -2.15. The SMILES string of the molecule is Cc1ccc2c(c1)C1c3ccccc3C3c4ccccc4C1c1ccccc1C23. The van der Waals surface area contributed by atoms with Crippen LogP contribution in [0.5, 0.6) is 0 Å². The van der Waals surface area contributed by atoms with E-state index in [1.54, 1.807) is 5.56 Å². The first kappa shape index (κ1) is 15.8. The van der Waals surface area contributed by atoms with Crippen LogP contribution in [0.1, 0.15) is 73.7 Å². The maximum absolute atomic E-state index is 2.47. The second-order valence-electron chi connectivity index (χ2n) is 8.93. The molecule has 0 amide bonds. The van der Waals surface area contributed by atoms with Gasteiger partial charge in [0, 0.05) is 23.7 Å². The van der Waals surface area contributed by atoms with Crippen LogP contribution in [0.4, 0.5) is 0 Å². The third kappa shape index (κ3) is 1.90.